The summed E-state index contributed by atoms with van der Waals surface area (Å²) >= 11 is 1.31. The third kappa shape index (κ3) is 2.09. The lowest BCUT2D eigenvalue weighted by Gasteiger charge is -1.80. The molecule has 0 saturated heterocycles. The summed E-state index contributed by atoms with van der Waals surface area (Å²) in [5.41, 5.74) is 5.44. The molecule has 0 unspecified atom stereocenters. The van der Waals surface area contributed by atoms with Crippen LogP contribution < -0.4 is 5.73 Å². The van der Waals surface area contributed by atoms with Crippen LogP contribution in [0.1, 0.15) is 15.2 Å². The average molecular weight is 181 g/mol. The Morgan fingerprint density at radius 2 is 2.50 bits per heavy atom. The quantitative estimate of drug-likeness (QED) is 0.628. The molecule has 0 spiro atoms. The summed E-state index contributed by atoms with van der Waals surface area (Å²) in [4.78, 5) is 11.2. The van der Waals surface area contributed by atoms with E-state index in [4.69, 9.17) is 10.8 Å². The number of hydrogen-bond acceptors (Lipinski definition) is 3. The van der Waals surface area contributed by atoms with E-state index in [-0.39, 0.29) is 5.56 Å². The van der Waals surface area contributed by atoms with E-state index >= 15 is 0 Å². The van der Waals surface area contributed by atoms with E-state index < -0.39 is 5.97 Å². The first-order valence-corrected chi connectivity index (χ1v) is 4.13. The highest BCUT2D eigenvalue weighted by atomic mass is 32.1. The van der Waals surface area contributed by atoms with Gasteiger partial charge in [0, 0.05) is 5.38 Å². The fraction of sp³-hybridized carbons (Fsp3) is 0.125. The molecule has 0 aromatic carbocycles. The number of carbonyl (C=O) groups is 1. The standard InChI is InChI=1S/C8H7NO2S/c9-3-1-2-7-4-6(5-12-7)8(10)11/h4-5H,3,9H2,(H,10,11). The predicted molar refractivity (Wildman–Crippen MR) is 47.2 cm³/mol. The number of carboxylic acids is 1. The second-order valence-corrected chi connectivity index (χ2v) is 2.92. The van der Waals surface area contributed by atoms with E-state index in [2.05, 4.69) is 11.8 Å². The van der Waals surface area contributed by atoms with Crippen LogP contribution in [0.4, 0.5) is 0 Å². The van der Waals surface area contributed by atoms with Crippen LogP contribution in [0.2, 0.25) is 0 Å². The molecular weight excluding hydrogens is 174 g/mol. The molecule has 3 nitrogen and oxygen atoms in total. The molecule has 3 N–H and O–H groups in total. The number of nitrogens with two attached hydrogens (primary N) is 1. The van der Waals surface area contributed by atoms with Crippen LogP contribution >= 0.6 is 11.3 Å². The predicted octanol–water partition coefficient (Wildman–Crippen LogP) is 0.756. The lowest BCUT2D eigenvalue weighted by Crippen LogP contribution is -1.93. The zero-order valence-electron chi connectivity index (χ0n) is 6.20. The van der Waals surface area contributed by atoms with Crippen molar-refractivity contribution in [3.63, 3.8) is 0 Å². The van der Waals surface area contributed by atoms with Gasteiger partial charge in [0.1, 0.15) is 0 Å². The van der Waals surface area contributed by atoms with Crippen molar-refractivity contribution in [2.45, 2.75) is 0 Å². The minimum Gasteiger partial charge on any atom is -0.478 e. The second-order valence-electron chi connectivity index (χ2n) is 2.01. The second kappa shape index (κ2) is 3.90. The molecule has 0 fully saturated rings. The van der Waals surface area contributed by atoms with E-state index in [1.54, 1.807) is 5.38 Å². The minimum atomic E-state index is -0.924. The van der Waals surface area contributed by atoms with Gasteiger partial charge >= 0.3 is 5.97 Å². The lowest BCUT2D eigenvalue weighted by atomic mass is 10.3. The van der Waals surface area contributed by atoms with Crippen LogP contribution in [0, 0.1) is 11.8 Å². The van der Waals surface area contributed by atoms with Crippen molar-refractivity contribution in [1.82, 2.24) is 0 Å². The maximum atomic E-state index is 10.4. The van der Waals surface area contributed by atoms with Gasteiger partial charge in [-0.2, -0.15) is 0 Å². The highest BCUT2D eigenvalue weighted by Gasteiger charge is 2.03. The molecule has 0 atom stereocenters. The Labute approximate surface area is 73.8 Å². The van der Waals surface area contributed by atoms with Gasteiger partial charge in [-0.1, -0.05) is 11.8 Å². The molecule has 1 heterocycles. The fourth-order valence-electron chi connectivity index (χ4n) is 0.652. The summed E-state index contributed by atoms with van der Waals surface area (Å²) in [5.74, 6) is 4.49. The van der Waals surface area contributed by atoms with E-state index in [9.17, 15) is 4.79 Å². The Morgan fingerprint density at radius 3 is 3.00 bits per heavy atom. The molecule has 0 amide bonds. The molecule has 1 rings (SSSR count). The van der Waals surface area contributed by atoms with Crippen molar-refractivity contribution in [3.8, 4) is 11.8 Å². The monoisotopic (exact) mass is 181 g/mol. The van der Waals surface area contributed by atoms with Gasteiger partial charge in [0.05, 0.1) is 17.0 Å². The third-order valence-corrected chi connectivity index (χ3v) is 2.01. The molecule has 12 heavy (non-hydrogen) atoms. The fourth-order valence-corrected chi connectivity index (χ4v) is 1.40. The summed E-state index contributed by atoms with van der Waals surface area (Å²) in [6, 6.07) is 1.54. The van der Waals surface area contributed by atoms with Crippen LogP contribution in [-0.2, 0) is 0 Å². The van der Waals surface area contributed by atoms with Gasteiger partial charge in [-0.3, -0.25) is 0 Å². The molecule has 0 saturated carbocycles. The summed E-state index contributed by atoms with van der Waals surface area (Å²) in [5, 5.41) is 10.1. The van der Waals surface area contributed by atoms with Crippen molar-refractivity contribution in [2.75, 3.05) is 6.54 Å². The zero-order valence-corrected chi connectivity index (χ0v) is 7.02. The SMILES string of the molecule is NCC#Cc1cc(C(=O)O)cs1. The van der Waals surface area contributed by atoms with E-state index in [0.29, 0.717) is 6.54 Å². The zero-order chi connectivity index (χ0) is 8.97. The maximum Gasteiger partial charge on any atom is 0.336 e. The first-order valence-electron chi connectivity index (χ1n) is 3.25. The number of thiophene rings is 1. The Hall–Kier alpha value is -1.31. The van der Waals surface area contributed by atoms with Gasteiger partial charge in [-0.15, -0.1) is 11.3 Å². The van der Waals surface area contributed by atoms with Crippen LogP contribution in [0.3, 0.4) is 0 Å². The molecule has 4 heteroatoms. The van der Waals surface area contributed by atoms with Crippen LogP contribution in [0.25, 0.3) is 0 Å². The van der Waals surface area contributed by atoms with Crippen molar-refractivity contribution >= 4 is 17.3 Å². The molecule has 0 aliphatic carbocycles. The van der Waals surface area contributed by atoms with Gasteiger partial charge in [-0.05, 0) is 6.07 Å². The number of hydrogen-bond donors (Lipinski definition) is 2. The Bertz CT molecular complexity index is 345. The van der Waals surface area contributed by atoms with Crippen LogP contribution in [-0.4, -0.2) is 17.6 Å². The largest absolute Gasteiger partial charge is 0.478 e. The van der Waals surface area contributed by atoms with Gasteiger partial charge in [-0.25, -0.2) is 4.79 Å². The van der Waals surface area contributed by atoms with Crippen molar-refractivity contribution < 1.29 is 9.90 Å². The van der Waals surface area contributed by atoms with Gasteiger partial charge in [0.2, 0.25) is 0 Å². The summed E-state index contributed by atoms with van der Waals surface area (Å²) < 4.78 is 0. The Kier molecular flexibility index (Phi) is 2.86. The topological polar surface area (TPSA) is 63.3 Å². The third-order valence-electron chi connectivity index (χ3n) is 1.16. The van der Waals surface area contributed by atoms with Gasteiger partial charge in [0.25, 0.3) is 0 Å². The van der Waals surface area contributed by atoms with Gasteiger partial charge in [0.15, 0.2) is 0 Å². The minimum absolute atomic E-state index is 0.279. The molecule has 0 bridgehead atoms. The molecular formula is C8H7NO2S. The molecule has 0 aliphatic rings. The average Bonchev–Trinajstić information content (AvgIpc) is 2.48. The lowest BCUT2D eigenvalue weighted by molar-refractivity contribution is 0.0697. The van der Waals surface area contributed by atoms with Gasteiger partial charge < -0.3 is 10.8 Å². The van der Waals surface area contributed by atoms with Crippen molar-refractivity contribution in [1.29, 1.82) is 0 Å². The first kappa shape index (κ1) is 8.78. The molecule has 1 aromatic heterocycles. The first-order chi connectivity index (χ1) is 5.74. The molecule has 0 radical (unpaired) electrons. The van der Waals surface area contributed by atoms with E-state index in [1.165, 1.54) is 17.4 Å². The summed E-state index contributed by atoms with van der Waals surface area (Å²) in [6.45, 7) is 0.292. The van der Waals surface area contributed by atoms with Crippen molar-refractivity contribution in [3.05, 3.63) is 21.9 Å². The molecule has 1 aromatic rings. The van der Waals surface area contributed by atoms with Crippen LogP contribution in [0.15, 0.2) is 11.4 Å². The van der Waals surface area contributed by atoms with Crippen molar-refractivity contribution in [2.24, 2.45) is 5.73 Å². The normalized spacial score (nSPS) is 8.75. The highest BCUT2D eigenvalue weighted by molar-refractivity contribution is 7.10. The van der Waals surface area contributed by atoms with E-state index in [1.807, 2.05) is 0 Å². The number of carboxylic acid groups (broad SMARTS) is 1. The van der Waals surface area contributed by atoms with Crippen LogP contribution in [0.5, 0.6) is 0 Å². The molecule has 0 aliphatic heterocycles. The summed E-state index contributed by atoms with van der Waals surface area (Å²) in [6.07, 6.45) is 0. The molecule has 62 valence electrons. The Balaban J connectivity index is 2.84. The van der Waals surface area contributed by atoms with E-state index in [0.717, 1.165) is 4.88 Å². The number of aromatic carboxylic acids is 1. The number of rotatable bonds is 1. The smallest absolute Gasteiger partial charge is 0.336 e. The summed E-state index contributed by atoms with van der Waals surface area (Å²) in [7, 11) is 0. The maximum absolute atomic E-state index is 10.4. The highest BCUT2D eigenvalue weighted by Crippen LogP contribution is 2.12. The Morgan fingerprint density at radius 1 is 1.75 bits per heavy atom.